The van der Waals surface area contributed by atoms with Gasteiger partial charge in [-0.05, 0) is 29.8 Å². The third kappa shape index (κ3) is 6.16. The fraction of sp³-hybridized carbons (Fsp3) is 0.235. The minimum atomic E-state index is -0.288. The molecule has 0 aliphatic rings. The highest BCUT2D eigenvalue weighted by Crippen LogP contribution is 2.23. The number of rotatable bonds is 7. The summed E-state index contributed by atoms with van der Waals surface area (Å²) in [5, 5.41) is 3.31. The number of thioether (sulfide) groups is 1. The summed E-state index contributed by atoms with van der Waals surface area (Å²) in [6, 6.07) is 12.3. The molecule has 2 aromatic carbocycles. The highest BCUT2D eigenvalue weighted by molar-refractivity contribution is 9.10. The number of carbonyl (C=O) groups excluding carboxylic acids is 1. The van der Waals surface area contributed by atoms with Crippen LogP contribution in [0.3, 0.4) is 0 Å². The lowest BCUT2D eigenvalue weighted by atomic mass is 10.1. The Morgan fingerprint density at radius 3 is 2.78 bits per heavy atom. The third-order valence-electron chi connectivity index (χ3n) is 3.13. The van der Waals surface area contributed by atoms with Crippen molar-refractivity contribution in [2.24, 2.45) is 0 Å². The first-order valence-corrected chi connectivity index (χ1v) is 9.40. The molecule has 122 valence electrons. The van der Waals surface area contributed by atoms with Crippen LogP contribution in [-0.2, 0) is 17.0 Å². The van der Waals surface area contributed by atoms with E-state index in [4.69, 9.17) is 11.6 Å². The van der Waals surface area contributed by atoms with E-state index < -0.39 is 0 Å². The van der Waals surface area contributed by atoms with Gasteiger partial charge in [-0.2, -0.15) is 11.8 Å². The van der Waals surface area contributed by atoms with Crippen LogP contribution in [0.4, 0.5) is 4.39 Å². The maximum absolute atomic E-state index is 13.6. The molecule has 0 spiro atoms. The summed E-state index contributed by atoms with van der Waals surface area (Å²) in [4.78, 5) is 11.8. The highest BCUT2D eigenvalue weighted by Gasteiger charge is 2.07. The molecule has 2 nitrogen and oxygen atoms in total. The quantitative estimate of drug-likeness (QED) is 0.655. The number of hydrogen-bond donors (Lipinski definition) is 1. The molecule has 0 fully saturated rings. The van der Waals surface area contributed by atoms with Gasteiger partial charge in [-0.3, -0.25) is 4.79 Å². The molecular formula is C17H16BrClFNOS. The molecule has 0 aliphatic carbocycles. The van der Waals surface area contributed by atoms with Crippen molar-refractivity contribution in [3.8, 4) is 0 Å². The van der Waals surface area contributed by atoms with E-state index >= 15 is 0 Å². The Labute approximate surface area is 152 Å². The molecule has 6 heteroatoms. The predicted molar refractivity (Wildman–Crippen MR) is 98.4 cm³/mol. The maximum atomic E-state index is 13.6. The Balaban J connectivity index is 1.68. The first-order chi connectivity index (χ1) is 11.1. The zero-order valence-electron chi connectivity index (χ0n) is 12.3. The molecule has 1 amide bonds. The van der Waals surface area contributed by atoms with Crippen LogP contribution in [0, 0.1) is 5.82 Å². The van der Waals surface area contributed by atoms with Crippen LogP contribution in [0.1, 0.15) is 11.1 Å². The molecule has 1 N–H and O–H groups in total. The number of amides is 1. The van der Waals surface area contributed by atoms with E-state index in [1.807, 2.05) is 24.3 Å². The SMILES string of the molecule is O=C(Cc1cccc(Br)c1)NCCSCc1c(F)cccc1Cl. The maximum Gasteiger partial charge on any atom is 0.224 e. The summed E-state index contributed by atoms with van der Waals surface area (Å²) in [7, 11) is 0. The van der Waals surface area contributed by atoms with Gasteiger partial charge in [-0.1, -0.05) is 45.7 Å². The van der Waals surface area contributed by atoms with Gasteiger partial charge in [0.25, 0.3) is 0 Å². The predicted octanol–water partition coefficient (Wildman–Crippen LogP) is 4.83. The Morgan fingerprint density at radius 1 is 1.26 bits per heavy atom. The molecule has 0 aromatic heterocycles. The molecule has 0 unspecified atom stereocenters. The van der Waals surface area contributed by atoms with Crippen LogP contribution in [0.5, 0.6) is 0 Å². The average Bonchev–Trinajstić information content (AvgIpc) is 2.49. The van der Waals surface area contributed by atoms with Crippen LogP contribution in [-0.4, -0.2) is 18.2 Å². The summed E-state index contributed by atoms with van der Waals surface area (Å²) in [5.74, 6) is 0.887. The van der Waals surface area contributed by atoms with Crippen LogP contribution in [0.15, 0.2) is 46.9 Å². The summed E-state index contributed by atoms with van der Waals surface area (Å²) < 4.78 is 14.5. The zero-order valence-corrected chi connectivity index (χ0v) is 15.5. The first kappa shape index (κ1) is 18.3. The molecule has 2 aromatic rings. The second-order valence-corrected chi connectivity index (χ2v) is 7.34. The van der Waals surface area contributed by atoms with E-state index in [1.54, 1.807) is 12.1 Å². The molecule has 0 saturated heterocycles. The molecule has 0 radical (unpaired) electrons. The van der Waals surface area contributed by atoms with Crippen molar-refractivity contribution in [1.82, 2.24) is 5.32 Å². The lowest BCUT2D eigenvalue weighted by Gasteiger charge is -2.07. The number of carbonyl (C=O) groups is 1. The van der Waals surface area contributed by atoms with Crippen LogP contribution in [0.2, 0.25) is 5.02 Å². The largest absolute Gasteiger partial charge is 0.355 e. The third-order valence-corrected chi connectivity index (χ3v) is 4.96. The Kier molecular flexibility index (Phi) is 7.40. The van der Waals surface area contributed by atoms with Crippen molar-refractivity contribution in [3.63, 3.8) is 0 Å². The fourth-order valence-electron chi connectivity index (χ4n) is 2.00. The second-order valence-electron chi connectivity index (χ2n) is 4.91. The van der Waals surface area contributed by atoms with E-state index in [0.717, 1.165) is 10.0 Å². The molecule has 0 aliphatic heterocycles. The molecular weight excluding hydrogens is 401 g/mol. The van der Waals surface area contributed by atoms with Gasteiger partial charge < -0.3 is 5.32 Å². The van der Waals surface area contributed by atoms with Crippen molar-refractivity contribution >= 4 is 45.2 Å². The van der Waals surface area contributed by atoms with Crippen molar-refractivity contribution in [1.29, 1.82) is 0 Å². The van der Waals surface area contributed by atoms with Gasteiger partial charge in [0.05, 0.1) is 6.42 Å². The smallest absolute Gasteiger partial charge is 0.224 e. The van der Waals surface area contributed by atoms with Gasteiger partial charge in [0.1, 0.15) is 5.82 Å². The lowest BCUT2D eigenvalue weighted by molar-refractivity contribution is -0.120. The minimum Gasteiger partial charge on any atom is -0.355 e. The summed E-state index contributed by atoms with van der Waals surface area (Å²) >= 11 is 10.9. The standard InChI is InChI=1S/C17H16BrClFNOS/c18-13-4-1-3-12(9-13)10-17(22)21-7-8-23-11-14-15(19)5-2-6-16(14)20/h1-6,9H,7-8,10-11H2,(H,21,22). The van der Waals surface area contributed by atoms with E-state index in [9.17, 15) is 9.18 Å². The zero-order chi connectivity index (χ0) is 16.7. The Bertz CT molecular complexity index is 663. The van der Waals surface area contributed by atoms with Gasteiger partial charge >= 0.3 is 0 Å². The normalized spacial score (nSPS) is 10.6. The molecule has 0 bridgehead atoms. The van der Waals surface area contributed by atoms with E-state index in [1.165, 1.54) is 17.8 Å². The number of nitrogens with one attached hydrogen (secondary N) is 1. The average molecular weight is 417 g/mol. The van der Waals surface area contributed by atoms with Gasteiger partial charge in [-0.25, -0.2) is 4.39 Å². The molecule has 0 atom stereocenters. The summed E-state index contributed by atoms with van der Waals surface area (Å²) in [5.41, 5.74) is 1.47. The Morgan fingerprint density at radius 2 is 2.04 bits per heavy atom. The molecule has 0 heterocycles. The van der Waals surface area contributed by atoms with Gasteiger partial charge in [0, 0.05) is 33.1 Å². The molecule has 2 rings (SSSR count). The first-order valence-electron chi connectivity index (χ1n) is 7.08. The lowest BCUT2D eigenvalue weighted by Crippen LogP contribution is -2.27. The Hall–Kier alpha value is -1.04. The van der Waals surface area contributed by atoms with Crippen LogP contribution < -0.4 is 5.32 Å². The topological polar surface area (TPSA) is 29.1 Å². The highest BCUT2D eigenvalue weighted by atomic mass is 79.9. The van der Waals surface area contributed by atoms with Crippen LogP contribution >= 0.6 is 39.3 Å². The molecule has 0 saturated carbocycles. The number of halogens is 3. The summed E-state index contributed by atoms with van der Waals surface area (Å²) in [6.07, 6.45) is 0.350. The number of benzene rings is 2. The monoisotopic (exact) mass is 415 g/mol. The van der Waals surface area contributed by atoms with Gasteiger partial charge in [0.2, 0.25) is 5.91 Å². The minimum absolute atomic E-state index is 0.0207. The van der Waals surface area contributed by atoms with Crippen molar-refractivity contribution < 1.29 is 9.18 Å². The summed E-state index contributed by atoms with van der Waals surface area (Å²) in [6.45, 7) is 0.545. The fourth-order valence-corrected chi connectivity index (χ4v) is 3.65. The van der Waals surface area contributed by atoms with Crippen LogP contribution in [0.25, 0.3) is 0 Å². The van der Waals surface area contributed by atoms with Gasteiger partial charge in [-0.15, -0.1) is 0 Å². The van der Waals surface area contributed by atoms with Gasteiger partial charge in [0.15, 0.2) is 0 Å². The molecule has 23 heavy (non-hydrogen) atoms. The van der Waals surface area contributed by atoms with Crippen molar-refractivity contribution in [2.45, 2.75) is 12.2 Å². The number of hydrogen-bond acceptors (Lipinski definition) is 2. The van der Waals surface area contributed by atoms with Crippen molar-refractivity contribution in [2.75, 3.05) is 12.3 Å². The second kappa shape index (κ2) is 9.30. The van der Waals surface area contributed by atoms with E-state index in [-0.39, 0.29) is 11.7 Å². The van der Waals surface area contributed by atoms with E-state index in [2.05, 4.69) is 21.2 Å². The van der Waals surface area contributed by atoms with Crippen molar-refractivity contribution in [3.05, 3.63) is 68.9 Å². The van der Waals surface area contributed by atoms with E-state index in [0.29, 0.717) is 35.1 Å².